The zero-order valence-corrected chi connectivity index (χ0v) is 10.3. The van der Waals surface area contributed by atoms with E-state index in [1.54, 1.807) is 6.07 Å². The van der Waals surface area contributed by atoms with Crippen molar-refractivity contribution >= 4 is 21.8 Å². The van der Waals surface area contributed by atoms with Crippen LogP contribution in [-0.2, 0) is 12.7 Å². The van der Waals surface area contributed by atoms with Crippen molar-refractivity contribution in [3.8, 4) is 0 Å². The zero-order valence-electron chi connectivity index (χ0n) is 10.3. The average Bonchev–Trinajstić information content (AvgIpc) is 2.70. The maximum atomic E-state index is 12.8. The van der Waals surface area contributed by atoms with Gasteiger partial charge in [-0.3, -0.25) is 0 Å². The number of rotatable bonds is 1. The van der Waals surface area contributed by atoms with E-state index in [1.807, 2.05) is 35.8 Å². The fourth-order valence-corrected chi connectivity index (χ4v) is 2.57. The third-order valence-corrected chi connectivity index (χ3v) is 3.42. The van der Waals surface area contributed by atoms with Crippen molar-refractivity contribution in [2.24, 2.45) is 0 Å². The third-order valence-electron chi connectivity index (χ3n) is 3.42. The monoisotopic (exact) mass is 263 g/mol. The van der Waals surface area contributed by atoms with Gasteiger partial charge in [0, 0.05) is 28.4 Å². The second-order valence-corrected chi connectivity index (χ2v) is 4.49. The first-order valence-electron chi connectivity index (χ1n) is 6.10. The van der Waals surface area contributed by atoms with Crippen molar-refractivity contribution in [1.29, 1.82) is 0 Å². The molecule has 3 aromatic rings. The first kappa shape index (κ1) is 12.1. The number of benzene rings is 2. The fourth-order valence-electron chi connectivity index (χ4n) is 2.57. The van der Waals surface area contributed by atoms with Crippen molar-refractivity contribution in [2.75, 3.05) is 0 Å². The summed E-state index contributed by atoms with van der Waals surface area (Å²) in [7, 11) is 0. The van der Waals surface area contributed by atoms with Crippen LogP contribution in [0.25, 0.3) is 21.8 Å². The SMILES string of the molecule is CCn1c2ccccc2c2cc(C(F)(F)F)ccc21. The summed E-state index contributed by atoms with van der Waals surface area (Å²) in [6, 6.07) is 11.5. The number of alkyl halides is 3. The fraction of sp³-hybridized carbons (Fsp3) is 0.200. The van der Waals surface area contributed by atoms with E-state index >= 15 is 0 Å². The Morgan fingerprint density at radius 3 is 2.32 bits per heavy atom. The molecule has 19 heavy (non-hydrogen) atoms. The topological polar surface area (TPSA) is 4.93 Å². The number of nitrogens with zero attached hydrogens (tertiary/aromatic N) is 1. The molecule has 0 atom stereocenters. The molecule has 0 aliphatic carbocycles. The molecule has 0 unspecified atom stereocenters. The Bertz CT molecular complexity index is 753. The highest BCUT2D eigenvalue weighted by Gasteiger charge is 2.30. The summed E-state index contributed by atoms with van der Waals surface area (Å²) in [6.45, 7) is 2.72. The lowest BCUT2D eigenvalue weighted by Crippen LogP contribution is -2.04. The lowest BCUT2D eigenvalue weighted by atomic mass is 10.1. The van der Waals surface area contributed by atoms with Crippen molar-refractivity contribution in [1.82, 2.24) is 4.57 Å². The van der Waals surface area contributed by atoms with Crippen LogP contribution in [-0.4, -0.2) is 4.57 Å². The number of halogens is 3. The maximum Gasteiger partial charge on any atom is 0.416 e. The van der Waals surface area contributed by atoms with Crippen molar-refractivity contribution in [3.63, 3.8) is 0 Å². The van der Waals surface area contributed by atoms with Crippen molar-refractivity contribution in [2.45, 2.75) is 19.6 Å². The van der Waals surface area contributed by atoms with Crippen LogP contribution >= 0.6 is 0 Å². The number of aromatic nitrogens is 1. The molecule has 0 saturated heterocycles. The van der Waals surface area contributed by atoms with Crippen LogP contribution < -0.4 is 0 Å². The molecule has 98 valence electrons. The highest BCUT2D eigenvalue weighted by atomic mass is 19.4. The number of aryl methyl sites for hydroxylation is 1. The Morgan fingerprint density at radius 2 is 1.63 bits per heavy atom. The Hall–Kier alpha value is -1.97. The summed E-state index contributed by atoms with van der Waals surface area (Å²) in [5, 5.41) is 1.53. The van der Waals surface area contributed by atoms with E-state index in [0.29, 0.717) is 5.39 Å². The van der Waals surface area contributed by atoms with Crippen LogP contribution in [0.3, 0.4) is 0 Å². The Labute approximate surface area is 108 Å². The molecule has 0 amide bonds. The van der Waals surface area contributed by atoms with E-state index in [4.69, 9.17) is 0 Å². The zero-order chi connectivity index (χ0) is 13.6. The average molecular weight is 263 g/mol. The largest absolute Gasteiger partial charge is 0.416 e. The lowest BCUT2D eigenvalue weighted by Gasteiger charge is -2.07. The number of hydrogen-bond donors (Lipinski definition) is 0. The van der Waals surface area contributed by atoms with Crippen LogP contribution in [0.5, 0.6) is 0 Å². The van der Waals surface area contributed by atoms with Crippen LogP contribution in [0.1, 0.15) is 12.5 Å². The van der Waals surface area contributed by atoms with Crippen LogP contribution in [0.2, 0.25) is 0 Å². The molecule has 0 saturated carbocycles. The van der Waals surface area contributed by atoms with Gasteiger partial charge in [-0.25, -0.2) is 0 Å². The first-order chi connectivity index (χ1) is 9.02. The second kappa shape index (κ2) is 4.02. The van der Waals surface area contributed by atoms with Crippen molar-refractivity contribution in [3.05, 3.63) is 48.0 Å². The van der Waals surface area contributed by atoms with Crippen molar-refractivity contribution < 1.29 is 13.2 Å². The Balaban J connectivity index is 2.43. The van der Waals surface area contributed by atoms with Gasteiger partial charge in [-0.1, -0.05) is 18.2 Å². The predicted molar refractivity (Wildman–Crippen MR) is 70.1 cm³/mol. The molecule has 0 fully saturated rings. The molecule has 0 radical (unpaired) electrons. The maximum absolute atomic E-state index is 12.8. The molecule has 1 aromatic heterocycles. The number of hydrogen-bond acceptors (Lipinski definition) is 0. The molecule has 0 aliphatic heterocycles. The lowest BCUT2D eigenvalue weighted by molar-refractivity contribution is -0.137. The summed E-state index contributed by atoms with van der Waals surface area (Å²) in [5.41, 5.74) is 1.22. The van der Waals surface area contributed by atoms with E-state index in [9.17, 15) is 13.2 Å². The molecule has 2 aromatic carbocycles. The van der Waals surface area contributed by atoms with Gasteiger partial charge >= 0.3 is 6.18 Å². The quantitative estimate of drug-likeness (QED) is 0.592. The number of para-hydroxylation sites is 1. The summed E-state index contributed by atoms with van der Waals surface area (Å²) >= 11 is 0. The molecule has 0 N–H and O–H groups in total. The van der Waals surface area contributed by atoms with Gasteiger partial charge in [-0.15, -0.1) is 0 Å². The van der Waals surface area contributed by atoms with E-state index in [0.717, 1.165) is 29.0 Å². The van der Waals surface area contributed by atoms with Gasteiger partial charge in [-0.05, 0) is 31.2 Å². The molecular weight excluding hydrogens is 251 g/mol. The summed E-state index contributed by atoms with van der Waals surface area (Å²) in [6.07, 6.45) is -4.30. The minimum absolute atomic E-state index is 0.598. The van der Waals surface area contributed by atoms with E-state index in [-0.39, 0.29) is 0 Å². The molecule has 0 aliphatic rings. The van der Waals surface area contributed by atoms with Crippen LogP contribution in [0, 0.1) is 0 Å². The van der Waals surface area contributed by atoms with Gasteiger partial charge in [0.15, 0.2) is 0 Å². The van der Waals surface area contributed by atoms with Crippen LogP contribution in [0.15, 0.2) is 42.5 Å². The highest BCUT2D eigenvalue weighted by Crippen LogP contribution is 2.35. The molecule has 1 heterocycles. The highest BCUT2D eigenvalue weighted by molar-refractivity contribution is 6.08. The van der Waals surface area contributed by atoms with Gasteiger partial charge in [0.2, 0.25) is 0 Å². The van der Waals surface area contributed by atoms with Gasteiger partial charge in [0.05, 0.1) is 5.56 Å². The minimum atomic E-state index is -4.30. The molecule has 4 heteroatoms. The molecule has 1 nitrogen and oxygen atoms in total. The van der Waals surface area contributed by atoms with Gasteiger partial charge in [-0.2, -0.15) is 13.2 Å². The minimum Gasteiger partial charge on any atom is -0.341 e. The summed E-state index contributed by atoms with van der Waals surface area (Å²) in [5.74, 6) is 0. The summed E-state index contributed by atoms with van der Waals surface area (Å²) in [4.78, 5) is 0. The second-order valence-electron chi connectivity index (χ2n) is 4.49. The Morgan fingerprint density at radius 1 is 0.947 bits per heavy atom. The molecule has 0 bridgehead atoms. The van der Waals surface area contributed by atoms with E-state index in [1.165, 1.54) is 6.07 Å². The number of fused-ring (bicyclic) bond motifs is 3. The molecule has 0 spiro atoms. The molecular formula is C15H12F3N. The van der Waals surface area contributed by atoms with Gasteiger partial charge in [0.1, 0.15) is 0 Å². The summed E-state index contributed by atoms with van der Waals surface area (Å²) < 4.78 is 40.4. The van der Waals surface area contributed by atoms with E-state index < -0.39 is 11.7 Å². The van der Waals surface area contributed by atoms with E-state index in [2.05, 4.69) is 0 Å². The first-order valence-corrected chi connectivity index (χ1v) is 6.10. The smallest absolute Gasteiger partial charge is 0.341 e. The normalized spacial score (nSPS) is 12.4. The molecule has 3 rings (SSSR count). The third kappa shape index (κ3) is 1.79. The van der Waals surface area contributed by atoms with Gasteiger partial charge in [0.25, 0.3) is 0 Å². The van der Waals surface area contributed by atoms with Crippen LogP contribution in [0.4, 0.5) is 13.2 Å². The van der Waals surface area contributed by atoms with Gasteiger partial charge < -0.3 is 4.57 Å². The Kier molecular flexibility index (Phi) is 2.55. The standard InChI is InChI=1S/C15H12F3N/c1-2-19-13-6-4-3-5-11(13)12-9-10(15(16,17)18)7-8-14(12)19/h3-9H,2H2,1H3. The predicted octanol–water partition coefficient (Wildman–Crippen LogP) is 4.83.